The topological polar surface area (TPSA) is 51.7 Å². The van der Waals surface area contributed by atoms with Crippen LogP contribution >= 0.6 is 0 Å². The van der Waals surface area contributed by atoms with Crippen LogP contribution in [0.3, 0.4) is 0 Å². The molecule has 1 aliphatic heterocycles. The number of fused-ring (bicyclic) bond motifs is 1. The fraction of sp³-hybridized carbons (Fsp3) is 0.500. The van der Waals surface area contributed by atoms with E-state index in [-0.39, 0.29) is 29.5 Å². The maximum absolute atomic E-state index is 15.1. The number of aromatic nitrogens is 1. The molecule has 1 fully saturated rings. The quantitative estimate of drug-likeness (QED) is 0.231. The van der Waals surface area contributed by atoms with Crippen LogP contribution in [0.4, 0.5) is 4.39 Å². The lowest BCUT2D eigenvalue weighted by Crippen LogP contribution is -2.36. The van der Waals surface area contributed by atoms with Gasteiger partial charge in [0, 0.05) is 36.2 Å². The molecule has 6 heteroatoms. The molecule has 2 aliphatic rings. The third kappa shape index (κ3) is 6.39. The lowest BCUT2D eigenvalue weighted by Gasteiger charge is -2.32. The highest BCUT2D eigenvalue weighted by Crippen LogP contribution is 2.48. The van der Waals surface area contributed by atoms with Crippen LogP contribution in [0.2, 0.25) is 0 Å². The number of ketones is 1. The minimum Gasteiger partial charge on any atom is -0.485 e. The van der Waals surface area contributed by atoms with E-state index in [2.05, 4.69) is 74.8 Å². The van der Waals surface area contributed by atoms with Crippen LogP contribution < -0.4 is 9.47 Å². The Morgan fingerprint density at radius 1 is 1.02 bits per heavy atom. The Bertz CT molecular complexity index is 1420. The molecule has 0 spiro atoms. The summed E-state index contributed by atoms with van der Waals surface area (Å²) < 4.78 is 27.2. The second kappa shape index (κ2) is 12.5. The van der Waals surface area contributed by atoms with E-state index in [9.17, 15) is 4.79 Å². The summed E-state index contributed by atoms with van der Waals surface area (Å²) in [5.74, 6) is 2.01. The number of benzene rings is 2. The van der Waals surface area contributed by atoms with Crippen molar-refractivity contribution >= 4 is 5.78 Å². The number of rotatable bonds is 11. The van der Waals surface area contributed by atoms with Gasteiger partial charge in [0.15, 0.2) is 0 Å². The zero-order valence-corrected chi connectivity index (χ0v) is 26.1. The van der Waals surface area contributed by atoms with Crippen molar-refractivity contribution in [2.75, 3.05) is 7.11 Å². The molecule has 42 heavy (non-hydrogen) atoms. The highest BCUT2D eigenvalue weighted by atomic mass is 19.1. The maximum atomic E-state index is 15.1. The summed E-state index contributed by atoms with van der Waals surface area (Å²) in [4.78, 5) is 18.8. The van der Waals surface area contributed by atoms with Crippen LogP contribution in [0, 0.1) is 17.7 Å². The van der Waals surface area contributed by atoms with Gasteiger partial charge in [0.2, 0.25) is 5.88 Å². The van der Waals surface area contributed by atoms with Gasteiger partial charge in [-0.2, -0.15) is 0 Å². The number of aryl methyl sites for hydroxylation is 1. The lowest BCUT2D eigenvalue weighted by molar-refractivity contribution is -0.121. The molecule has 5 nitrogen and oxygen atoms in total. The number of hydrogen-bond acceptors (Lipinski definition) is 5. The molecule has 3 atom stereocenters. The first kappa shape index (κ1) is 30.2. The standard InChI is InChI=1S/C36H45FN2O3/c1-21(2)39(22(3)4)20-29-16-27(12-14-30(29)31-18-35(41-7)38-19-32(31)37)33-15-13-25-8-11-28(17-34(25)42-33)36(26-9-10-26)23(5)24(6)40/h8,11-12,14,16-19,21-23,26,33,36H,9-10,13,15,20H2,1-7H3/t23-,33-,36+/m1/s1. The van der Waals surface area contributed by atoms with Gasteiger partial charge in [-0.1, -0.05) is 37.3 Å². The number of halogens is 1. The summed E-state index contributed by atoms with van der Waals surface area (Å²) in [7, 11) is 1.55. The molecule has 2 heterocycles. The number of pyridine rings is 1. The molecule has 0 amide bonds. The zero-order valence-electron chi connectivity index (χ0n) is 26.1. The lowest BCUT2D eigenvalue weighted by atomic mass is 9.80. The Kier molecular flexibility index (Phi) is 9.03. The molecule has 0 radical (unpaired) electrons. The molecule has 1 aromatic heterocycles. The summed E-state index contributed by atoms with van der Waals surface area (Å²) in [5.41, 5.74) is 5.90. The number of nitrogens with zero attached hydrogens (tertiary/aromatic N) is 2. The molecule has 1 aliphatic carbocycles. The summed E-state index contributed by atoms with van der Waals surface area (Å²) >= 11 is 0. The molecule has 0 unspecified atom stereocenters. The third-order valence-corrected chi connectivity index (χ3v) is 9.24. The van der Waals surface area contributed by atoms with E-state index in [1.807, 2.05) is 6.07 Å². The van der Waals surface area contributed by atoms with Crippen LogP contribution in [0.1, 0.15) is 95.1 Å². The van der Waals surface area contributed by atoms with Crippen molar-refractivity contribution in [1.82, 2.24) is 9.88 Å². The third-order valence-electron chi connectivity index (χ3n) is 9.24. The van der Waals surface area contributed by atoms with E-state index in [1.54, 1.807) is 20.1 Å². The van der Waals surface area contributed by atoms with Crippen LogP contribution in [-0.4, -0.2) is 34.9 Å². The van der Waals surface area contributed by atoms with Crippen molar-refractivity contribution in [3.63, 3.8) is 0 Å². The van der Waals surface area contributed by atoms with Crippen LogP contribution in [0.25, 0.3) is 11.1 Å². The van der Waals surface area contributed by atoms with Gasteiger partial charge in [-0.3, -0.25) is 9.69 Å². The number of carbonyl (C=O) groups excluding carboxylic acids is 1. The van der Waals surface area contributed by atoms with Crippen molar-refractivity contribution in [3.05, 3.63) is 76.7 Å². The van der Waals surface area contributed by atoms with Crippen molar-refractivity contribution in [3.8, 4) is 22.8 Å². The van der Waals surface area contributed by atoms with Crippen molar-refractivity contribution in [2.45, 2.75) is 97.9 Å². The van der Waals surface area contributed by atoms with Gasteiger partial charge in [-0.05, 0) is 106 Å². The van der Waals surface area contributed by atoms with Gasteiger partial charge < -0.3 is 9.47 Å². The number of ether oxygens (including phenoxy) is 2. The summed E-state index contributed by atoms with van der Waals surface area (Å²) in [6.45, 7) is 13.2. The van der Waals surface area contributed by atoms with E-state index in [4.69, 9.17) is 9.47 Å². The van der Waals surface area contributed by atoms with Crippen molar-refractivity contribution in [1.29, 1.82) is 0 Å². The molecule has 5 rings (SSSR count). The van der Waals surface area contributed by atoms with Crippen molar-refractivity contribution in [2.24, 2.45) is 11.8 Å². The average molecular weight is 573 g/mol. The molecule has 0 N–H and O–H groups in total. The molecule has 0 saturated heterocycles. The Hall–Kier alpha value is -3.25. The Morgan fingerprint density at radius 2 is 1.76 bits per heavy atom. The predicted octanol–water partition coefficient (Wildman–Crippen LogP) is 8.30. The van der Waals surface area contributed by atoms with Crippen LogP contribution in [0.5, 0.6) is 11.6 Å². The van der Waals surface area contributed by atoms with Gasteiger partial charge in [0.25, 0.3) is 0 Å². The first-order chi connectivity index (χ1) is 20.1. The van der Waals surface area contributed by atoms with E-state index in [0.717, 1.165) is 35.3 Å². The number of methoxy groups -OCH3 is 1. The fourth-order valence-corrected chi connectivity index (χ4v) is 6.61. The second-order valence-electron chi connectivity index (χ2n) is 12.8. The van der Waals surface area contributed by atoms with E-state index in [0.29, 0.717) is 36.0 Å². The first-order valence-corrected chi connectivity index (χ1v) is 15.5. The summed E-state index contributed by atoms with van der Waals surface area (Å²) in [5, 5.41) is 0. The summed E-state index contributed by atoms with van der Waals surface area (Å²) in [6, 6.07) is 15.2. The molecular formula is C36H45FN2O3. The molecular weight excluding hydrogens is 527 g/mol. The number of hydrogen-bond donors (Lipinski definition) is 0. The van der Waals surface area contributed by atoms with Gasteiger partial charge in [0.1, 0.15) is 23.5 Å². The molecule has 2 aromatic carbocycles. The average Bonchev–Trinajstić information content (AvgIpc) is 3.80. The largest absolute Gasteiger partial charge is 0.485 e. The van der Waals surface area contributed by atoms with Gasteiger partial charge in [-0.25, -0.2) is 9.37 Å². The molecule has 0 bridgehead atoms. The predicted molar refractivity (Wildman–Crippen MR) is 165 cm³/mol. The van der Waals surface area contributed by atoms with Crippen LogP contribution in [0.15, 0.2) is 48.7 Å². The van der Waals surface area contributed by atoms with Gasteiger partial charge >= 0.3 is 0 Å². The first-order valence-electron chi connectivity index (χ1n) is 15.5. The highest BCUT2D eigenvalue weighted by Gasteiger charge is 2.38. The molecule has 1 saturated carbocycles. The smallest absolute Gasteiger partial charge is 0.213 e. The van der Waals surface area contributed by atoms with E-state index < -0.39 is 0 Å². The molecule has 3 aromatic rings. The maximum Gasteiger partial charge on any atom is 0.213 e. The normalized spacial score (nSPS) is 18.1. The van der Waals surface area contributed by atoms with E-state index in [1.165, 1.54) is 30.2 Å². The fourth-order valence-electron chi connectivity index (χ4n) is 6.61. The SMILES string of the molecule is COc1cc(-c2ccc([C@H]3CCc4ccc([C@H](C5CC5)[C@H](C)C(C)=O)cc4O3)cc2CN(C(C)C)C(C)C)c(F)cn1. The molecule has 224 valence electrons. The van der Waals surface area contributed by atoms with Crippen molar-refractivity contribution < 1.29 is 18.7 Å². The number of carbonyl (C=O) groups is 1. The minimum absolute atomic E-state index is 0.00195. The van der Waals surface area contributed by atoms with Gasteiger partial charge in [0.05, 0.1) is 13.3 Å². The van der Waals surface area contributed by atoms with E-state index >= 15 is 4.39 Å². The summed E-state index contributed by atoms with van der Waals surface area (Å²) in [6.07, 6.45) is 5.30. The Balaban J connectivity index is 1.50. The second-order valence-corrected chi connectivity index (χ2v) is 12.8. The van der Waals surface area contributed by atoms with Crippen LogP contribution in [-0.2, 0) is 17.8 Å². The minimum atomic E-state index is -0.370. The Labute approximate surface area is 250 Å². The van der Waals surface area contributed by atoms with Gasteiger partial charge in [-0.15, -0.1) is 0 Å². The monoisotopic (exact) mass is 572 g/mol. The highest BCUT2D eigenvalue weighted by molar-refractivity contribution is 5.79. The number of Topliss-reactive ketones (excluding diaryl/α,β-unsaturated/α-hetero) is 1. The Morgan fingerprint density at radius 3 is 2.40 bits per heavy atom. The zero-order chi connectivity index (χ0) is 30.1.